The summed E-state index contributed by atoms with van der Waals surface area (Å²) in [4.78, 5) is 29.9. The van der Waals surface area contributed by atoms with E-state index in [1.807, 2.05) is 0 Å². The molecule has 1 aromatic heterocycles. The van der Waals surface area contributed by atoms with Crippen molar-refractivity contribution in [3.63, 3.8) is 0 Å². The number of hydrogen-bond donors (Lipinski definition) is 2. The summed E-state index contributed by atoms with van der Waals surface area (Å²) in [6, 6.07) is 0. The van der Waals surface area contributed by atoms with E-state index in [0.717, 1.165) is 18.7 Å². The normalized spacial score (nSPS) is 23.5. The molecular weight excluding hydrogens is 250 g/mol. The highest BCUT2D eigenvalue weighted by Crippen LogP contribution is 2.17. The van der Waals surface area contributed by atoms with Gasteiger partial charge in [0.25, 0.3) is 5.56 Å². The van der Waals surface area contributed by atoms with Gasteiger partial charge in [0.1, 0.15) is 0 Å². The second-order valence-electron chi connectivity index (χ2n) is 4.93. The van der Waals surface area contributed by atoms with Crippen LogP contribution in [0.3, 0.4) is 0 Å². The molecule has 1 atom stereocenters. The Hall–Kier alpha value is -1.44. The largest absolute Gasteiger partial charge is 0.376 e. The SMILES string of the molecule is O=c1[nH]c2c(c(=O)[nH]1)CN(CCC1COCCO1)C2. The minimum atomic E-state index is -0.436. The van der Waals surface area contributed by atoms with Gasteiger partial charge in [0.2, 0.25) is 0 Å². The molecule has 1 saturated heterocycles. The van der Waals surface area contributed by atoms with Crippen LogP contribution in [0.1, 0.15) is 17.7 Å². The molecule has 0 radical (unpaired) electrons. The number of aromatic amines is 2. The zero-order chi connectivity index (χ0) is 13.2. The summed E-state index contributed by atoms with van der Waals surface area (Å²) < 4.78 is 10.9. The molecule has 104 valence electrons. The van der Waals surface area contributed by atoms with Gasteiger partial charge in [0, 0.05) is 25.3 Å². The van der Waals surface area contributed by atoms with Crippen LogP contribution in [-0.2, 0) is 22.6 Å². The van der Waals surface area contributed by atoms with Crippen LogP contribution in [0.2, 0.25) is 0 Å². The third-order valence-corrected chi connectivity index (χ3v) is 3.55. The minimum absolute atomic E-state index is 0.134. The van der Waals surface area contributed by atoms with Crippen LogP contribution in [0.25, 0.3) is 0 Å². The number of hydrogen-bond acceptors (Lipinski definition) is 5. The van der Waals surface area contributed by atoms with E-state index in [9.17, 15) is 9.59 Å². The molecule has 2 aliphatic rings. The van der Waals surface area contributed by atoms with Crippen molar-refractivity contribution in [2.45, 2.75) is 25.6 Å². The third kappa shape index (κ3) is 2.78. The average Bonchev–Trinajstić information content (AvgIpc) is 2.81. The Labute approximate surface area is 109 Å². The monoisotopic (exact) mass is 267 g/mol. The van der Waals surface area contributed by atoms with Gasteiger partial charge >= 0.3 is 5.69 Å². The van der Waals surface area contributed by atoms with Crippen molar-refractivity contribution in [2.24, 2.45) is 0 Å². The highest BCUT2D eigenvalue weighted by molar-refractivity contribution is 5.20. The maximum absolute atomic E-state index is 11.6. The first kappa shape index (κ1) is 12.6. The van der Waals surface area contributed by atoms with Crippen molar-refractivity contribution in [1.82, 2.24) is 14.9 Å². The zero-order valence-electron chi connectivity index (χ0n) is 10.6. The molecule has 3 rings (SSSR count). The Bertz CT molecular complexity index is 559. The van der Waals surface area contributed by atoms with E-state index in [4.69, 9.17) is 9.47 Å². The van der Waals surface area contributed by atoms with E-state index in [1.54, 1.807) is 0 Å². The standard InChI is InChI=1S/C12H17N3O4/c16-11-9-5-15(6-10(9)13-12(17)14-11)2-1-8-7-18-3-4-19-8/h8H,1-7H2,(H2,13,14,16,17). The lowest BCUT2D eigenvalue weighted by atomic mass is 10.2. The van der Waals surface area contributed by atoms with Gasteiger partial charge in [-0.15, -0.1) is 0 Å². The zero-order valence-corrected chi connectivity index (χ0v) is 10.6. The van der Waals surface area contributed by atoms with Gasteiger partial charge < -0.3 is 14.5 Å². The van der Waals surface area contributed by atoms with Crippen molar-refractivity contribution < 1.29 is 9.47 Å². The van der Waals surface area contributed by atoms with Crippen LogP contribution in [0, 0.1) is 0 Å². The molecule has 0 spiro atoms. The molecule has 2 N–H and O–H groups in total. The minimum Gasteiger partial charge on any atom is -0.376 e. The first-order valence-corrected chi connectivity index (χ1v) is 6.48. The van der Waals surface area contributed by atoms with Gasteiger partial charge in [-0.3, -0.25) is 14.7 Å². The Kier molecular flexibility index (Phi) is 3.50. The maximum atomic E-state index is 11.6. The lowest BCUT2D eigenvalue weighted by Crippen LogP contribution is -2.32. The Morgan fingerprint density at radius 2 is 2.11 bits per heavy atom. The first-order chi connectivity index (χ1) is 9.22. The summed E-state index contributed by atoms with van der Waals surface area (Å²) in [6.45, 7) is 3.97. The third-order valence-electron chi connectivity index (χ3n) is 3.55. The summed E-state index contributed by atoms with van der Waals surface area (Å²) in [7, 11) is 0. The summed E-state index contributed by atoms with van der Waals surface area (Å²) in [6.07, 6.45) is 1.01. The van der Waals surface area contributed by atoms with E-state index in [-0.39, 0.29) is 11.7 Å². The summed E-state index contributed by atoms with van der Waals surface area (Å²) in [5, 5.41) is 0. The van der Waals surface area contributed by atoms with E-state index >= 15 is 0 Å². The smallest absolute Gasteiger partial charge is 0.325 e. The number of rotatable bonds is 3. The number of fused-ring (bicyclic) bond motifs is 1. The van der Waals surface area contributed by atoms with Crippen molar-refractivity contribution in [1.29, 1.82) is 0 Å². The Morgan fingerprint density at radius 1 is 1.21 bits per heavy atom. The Morgan fingerprint density at radius 3 is 2.89 bits per heavy atom. The predicted molar refractivity (Wildman–Crippen MR) is 67.0 cm³/mol. The highest BCUT2D eigenvalue weighted by atomic mass is 16.6. The number of ether oxygens (including phenoxy) is 2. The summed E-state index contributed by atoms with van der Waals surface area (Å²) in [5.41, 5.74) is 0.683. The van der Waals surface area contributed by atoms with Crippen molar-refractivity contribution in [3.8, 4) is 0 Å². The molecule has 0 aliphatic carbocycles. The lowest BCUT2D eigenvalue weighted by molar-refractivity contribution is -0.0928. The lowest BCUT2D eigenvalue weighted by Gasteiger charge is -2.24. The fraction of sp³-hybridized carbons (Fsp3) is 0.667. The first-order valence-electron chi connectivity index (χ1n) is 6.48. The molecule has 0 saturated carbocycles. The van der Waals surface area contributed by atoms with Gasteiger partial charge in [-0.05, 0) is 6.42 Å². The van der Waals surface area contributed by atoms with Crippen LogP contribution >= 0.6 is 0 Å². The molecular formula is C12H17N3O4. The molecule has 3 heterocycles. The summed E-state index contributed by atoms with van der Waals surface area (Å²) >= 11 is 0. The van der Waals surface area contributed by atoms with Gasteiger partial charge in [0.15, 0.2) is 0 Å². The van der Waals surface area contributed by atoms with Gasteiger partial charge in [0.05, 0.1) is 31.5 Å². The van der Waals surface area contributed by atoms with Crippen LogP contribution in [0.15, 0.2) is 9.59 Å². The number of aromatic nitrogens is 2. The fourth-order valence-corrected chi connectivity index (χ4v) is 2.55. The number of H-pyrrole nitrogens is 2. The van der Waals surface area contributed by atoms with Crippen LogP contribution in [0.4, 0.5) is 0 Å². The highest BCUT2D eigenvalue weighted by Gasteiger charge is 2.24. The van der Waals surface area contributed by atoms with E-state index in [0.29, 0.717) is 38.5 Å². The Balaban J connectivity index is 1.59. The summed E-state index contributed by atoms with van der Waals surface area (Å²) in [5.74, 6) is 0. The number of nitrogens with one attached hydrogen (secondary N) is 2. The quantitative estimate of drug-likeness (QED) is 0.747. The average molecular weight is 267 g/mol. The second-order valence-corrected chi connectivity index (χ2v) is 4.93. The molecule has 0 amide bonds. The van der Waals surface area contributed by atoms with Crippen molar-refractivity contribution >= 4 is 0 Å². The van der Waals surface area contributed by atoms with E-state index < -0.39 is 5.69 Å². The predicted octanol–water partition coefficient (Wildman–Crippen LogP) is -0.816. The van der Waals surface area contributed by atoms with Gasteiger partial charge in [-0.1, -0.05) is 0 Å². The topological polar surface area (TPSA) is 87.4 Å². The maximum Gasteiger partial charge on any atom is 0.325 e. The van der Waals surface area contributed by atoms with Crippen LogP contribution < -0.4 is 11.2 Å². The number of nitrogens with zero attached hydrogens (tertiary/aromatic N) is 1. The van der Waals surface area contributed by atoms with E-state index in [2.05, 4.69) is 14.9 Å². The second kappa shape index (κ2) is 5.28. The molecule has 7 heteroatoms. The van der Waals surface area contributed by atoms with Crippen LogP contribution in [-0.4, -0.2) is 47.3 Å². The van der Waals surface area contributed by atoms with E-state index in [1.165, 1.54) is 0 Å². The van der Waals surface area contributed by atoms with Gasteiger partial charge in [-0.25, -0.2) is 4.79 Å². The molecule has 1 unspecified atom stereocenters. The molecule has 1 fully saturated rings. The molecule has 1 aromatic rings. The molecule has 2 aliphatic heterocycles. The molecule has 0 aromatic carbocycles. The van der Waals surface area contributed by atoms with Crippen LogP contribution in [0.5, 0.6) is 0 Å². The molecule has 19 heavy (non-hydrogen) atoms. The fourth-order valence-electron chi connectivity index (χ4n) is 2.55. The van der Waals surface area contributed by atoms with Crippen molar-refractivity contribution in [2.75, 3.05) is 26.4 Å². The van der Waals surface area contributed by atoms with Gasteiger partial charge in [-0.2, -0.15) is 0 Å². The molecule has 7 nitrogen and oxygen atoms in total. The molecule has 0 bridgehead atoms. The van der Waals surface area contributed by atoms with Crippen molar-refractivity contribution in [3.05, 3.63) is 32.1 Å².